The average molecular weight is 349 g/mol. The molecule has 0 unspecified atom stereocenters. The van der Waals surface area contributed by atoms with E-state index in [4.69, 9.17) is 0 Å². The summed E-state index contributed by atoms with van der Waals surface area (Å²) in [7, 11) is 2.05. The molecular formula is C16H21BrN4. The van der Waals surface area contributed by atoms with Gasteiger partial charge in [-0.15, -0.1) is 0 Å². The Bertz CT molecular complexity index is 593. The molecule has 112 valence electrons. The number of pyridine rings is 1. The lowest BCUT2D eigenvalue weighted by molar-refractivity contribution is 0.542. The summed E-state index contributed by atoms with van der Waals surface area (Å²) in [6, 6.07) is 7.95. The summed E-state index contributed by atoms with van der Waals surface area (Å²) >= 11 is 3.48. The Morgan fingerprint density at radius 1 is 1.19 bits per heavy atom. The quantitative estimate of drug-likeness (QED) is 0.791. The highest BCUT2D eigenvalue weighted by Crippen LogP contribution is 2.23. The Morgan fingerprint density at radius 3 is 2.57 bits per heavy atom. The summed E-state index contributed by atoms with van der Waals surface area (Å²) in [4.78, 5) is 15.6. The highest BCUT2D eigenvalue weighted by molar-refractivity contribution is 9.10. The summed E-state index contributed by atoms with van der Waals surface area (Å²) in [6.45, 7) is 7.22. The van der Waals surface area contributed by atoms with E-state index in [1.54, 1.807) is 0 Å². The van der Waals surface area contributed by atoms with Crippen LogP contribution >= 0.6 is 15.9 Å². The Kier molecular flexibility index (Phi) is 4.93. The number of nitrogens with zero attached hydrogens (tertiary/aromatic N) is 4. The molecule has 0 saturated carbocycles. The van der Waals surface area contributed by atoms with Gasteiger partial charge < -0.3 is 4.90 Å². The molecule has 2 aromatic heterocycles. The minimum atomic E-state index is -0.0691. The highest BCUT2D eigenvalue weighted by atomic mass is 79.9. The zero-order valence-electron chi connectivity index (χ0n) is 13.0. The van der Waals surface area contributed by atoms with Crippen LogP contribution in [0.5, 0.6) is 0 Å². The Labute approximate surface area is 134 Å². The fraction of sp³-hybridized carbons (Fsp3) is 0.438. The lowest BCUT2D eigenvalue weighted by Crippen LogP contribution is -2.24. The first-order chi connectivity index (χ1) is 9.86. The zero-order chi connectivity index (χ0) is 15.5. The molecule has 0 radical (unpaired) electrons. The van der Waals surface area contributed by atoms with Gasteiger partial charge in [-0.05, 0) is 28.1 Å². The van der Waals surface area contributed by atoms with E-state index in [0.717, 1.165) is 34.9 Å². The molecule has 0 aliphatic carbocycles. The monoisotopic (exact) mass is 348 g/mol. The number of likely N-dealkylation sites (N-methyl/N-ethyl adjacent to an activating group) is 1. The molecule has 21 heavy (non-hydrogen) atoms. The predicted octanol–water partition coefficient (Wildman–Crippen LogP) is 3.61. The van der Waals surface area contributed by atoms with Crippen LogP contribution in [0.1, 0.15) is 32.3 Å². The van der Waals surface area contributed by atoms with Gasteiger partial charge in [-0.3, -0.25) is 4.98 Å². The smallest absolute Gasteiger partial charge is 0.137 e. The highest BCUT2D eigenvalue weighted by Gasteiger charge is 2.19. The fourth-order valence-corrected chi connectivity index (χ4v) is 2.25. The first kappa shape index (κ1) is 15.9. The van der Waals surface area contributed by atoms with E-state index in [1.807, 2.05) is 37.5 Å². The van der Waals surface area contributed by atoms with Crippen molar-refractivity contribution in [2.24, 2.45) is 0 Å². The molecule has 0 N–H and O–H groups in total. The number of hydrogen-bond acceptors (Lipinski definition) is 4. The van der Waals surface area contributed by atoms with Crippen LogP contribution in [0.3, 0.4) is 0 Å². The van der Waals surface area contributed by atoms with Crippen LogP contribution in [0.2, 0.25) is 0 Å². The van der Waals surface area contributed by atoms with Crippen LogP contribution in [0, 0.1) is 0 Å². The van der Waals surface area contributed by atoms with Gasteiger partial charge in [-0.2, -0.15) is 0 Å². The van der Waals surface area contributed by atoms with Crippen molar-refractivity contribution in [3.05, 3.63) is 46.6 Å². The van der Waals surface area contributed by atoms with Crippen molar-refractivity contribution in [3.8, 4) is 0 Å². The number of rotatable bonds is 4. The van der Waals surface area contributed by atoms with E-state index in [2.05, 4.69) is 56.6 Å². The van der Waals surface area contributed by atoms with Gasteiger partial charge in [0.25, 0.3) is 0 Å². The van der Waals surface area contributed by atoms with Crippen LogP contribution < -0.4 is 4.90 Å². The minimum absolute atomic E-state index is 0.0691. The van der Waals surface area contributed by atoms with Gasteiger partial charge in [-0.1, -0.05) is 26.8 Å². The molecule has 0 aliphatic rings. The van der Waals surface area contributed by atoms with Crippen LogP contribution in [0.15, 0.2) is 35.1 Å². The SMILES string of the molecule is CN(CCc1ccccn1)c1cc(Br)nc(C(C)(C)C)n1. The third-order valence-electron chi connectivity index (χ3n) is 3.17. The van der Waals surface area contributed by atoms with E-state index < -0.39 is 0 Å². The average Bonchev–Trinajstić information content (AvgIpc) is 2.44. The summed E-state index contributed by atoms with van der Waals surface area (Å²) < 4.78 is 0.821. The molecule has 2 heterocycles. The summed E-state index contributed by atoms with van der Waals surface area (Å²) in [6.07, 6.45) is 2.72. The second kappa shape index (κ2) is 6.52. The van der Waals surface area contributed by atoms with Crippen LogP contribution in [0.25, 0.3) is 0 Å². The third-order valence-corrected chi connectivity index (χ3v) is 3.58. The van der Waals surface area contributed by atoms with Crippen LogP contribution in [0.4, 0.5) is 5.82 Å². The molecule has 2 rings (SSSR count). The number of anilines is 1. The molecule has 0 bridgehead atoms. The molecule has 4 nitrogen and oxygen atoms in total. The molecule has 0 aromatic carbocycles. The molecule has 0 fully saturated rings. The van der Waals surface area contributed by atoms with Crippen LogP contribution in [-0.2, 0) is 11.8 Å². The summed E-state index contributed by atoms with van der Waals surface area (Å²) in [5.74, 6) is 1.77. The Hall–Kier alpha value is -1.49. The lowest BCUT2D eigenvalue weighted by atomic mass is 9.96. The molecule has 0 saturated heterocycles. The van der Waals surface area contributed by atoms with E-state index in [0.29, 0.717) is 0 Å². The largest absolute Gasteiger partial charge is 0.359 e. The fourth-order valence-electron chi connectivity index (χ4n) is 1.88. The maximum absolute atomic E-state index is 4.68. The van der Waals surface area contributed by atoms with Crippen molar-refractivity contribution in [1.82, 2.24) is 15.0 Å². The predicted molar refractivity (Wildman–Crippen MR) is 89.6 cm³/mol. The van der Waals surface area contributed by atoms with Gasteiger partial charge in [0.05, 0.1) is 0 Å². The van der Waals surface area contributed by atoms with Gasteiger partial charge in [0.1, 0.15) is 16.2 Å². The standard InChI is InChI=1S/C16H21BrN4/c1-16(2,3)15-19-13(17)11-14(20-15)21(4)10-8-12-7-5-6-9-18-12/h5-7,9,11H,8,10H2,1-4H3. The topological polar surface area (TPSA) is 41.9 Å². The van der Waals surface area contributed by atoms with Crippen molar-refractivity contribution >= 4 is 21.7 Å². The van der Waals surface area contributed by atoms with Gasteiger partial charge in [0.2, 0.25) is 0 Å². The van der Waals surface area contributed by atoms with Crippen molar-refractivity contribution in [1.29, 1.82) is 0 Å². The van der Waals surface area contributed by atoms with Gasteiger partial charge in [0, 0.05) is 43.4 Å². The van der Waals surface area contributed by atoms with E-state index in [1.165, 1.54) is 0 Å². The Morgan fingerprint density at radius 2 is 1.95 bits per heavy atom. The van der Waals surface area contributed by atoms with E-state index >= 15 is 0 Å². The van der Waals surface area contributed by atoms with Crippen molar-refractivity contribution < 1.29 is 0 Å². The summed E-state index contributed by atoms with van der Waals surface area (Å²) in [5.41, 5.74) is 1.02. The zero-order valence-corrected chi connectivity index (χ0v) is 14.6. The van der Waals surface area contributed by atoms with Crippen molar-refractivity contribution in [2.45, 2.75) is 32.6 Å². The first-order valence-corrected chi connectivity index (χ1v) is 7.81. The number of aromatic nitrogens is 3. The van der Waals surface area contributed by atoms with Crippen LogP contribution in [-0.4, -0.2) is 28.5 Å². The first-order valence-electron chi connectivity index (χ1n) is 7.02. The maximum Gasteiger partial charge on any atom is 0.137 e. The molecule has 0 atom stereocenters. The second-order valence-electron chi connectivity index (χ2n) is 6.12. The van der Waals surface area contributed by atoms with Crippen molar-refractivity contribution in [2.75, 3.05) is 18.5 Å². The van der Waals surface area contributed by atoms with Gasteiger partial charge >= 0.3 is 0 Å². The van der Waals surface area contributed by atoms with E-state index in [-0.39, 0.29) is 5.41 Å². The molecule has 0 aliphatic heterocycles. The lowest BCUT2D eigenvalue weighted by Gasteiger charge is -2.22. The number of hydrogen-bond donors (Lipinski definition) is 0. The molecular weight excluding hydrogens is 328 g/mol. The molecule has 2 aromatic rings. The third kappa shape index (κ3) is 4.49. The maximum atomic E-state index is 4.68. The second-order valence-corrected chi connectivity index (χ2v) is 6.93. The van der Waals surface area contributed by atoms with Gasteiger partial charge in [0.15, 0.2) is 0 Å². The molecule has 0 spiro atoms. The minimum Gasteiger partial charge on any atom is -0.359 e. The van der Waals surface area contributed by atoms with E-state index in [9.17, 15) is 0 Å². The molecule has 0 amide bonds. The van der Waals surface area contributed by atoms with Crippen molar-refractivity contribution in [3.63, 3.8) is 0 Å². The molecule has 5 heteroatoms. The Balaban J connectivity index is 2.12. The normalized spacial score (nSPS) is 11.5. The number of halogens is 1. The van der Waals surface area contributed by atoms with Gasteiger partial charge in [-0.25, -0.2) is 9.97 Å². The summed E-state index contributed by atoms with van der Waals surface area (Å²) in [5, 5.41) is 0.